The highest BCUT2D eigenvalue weighted by molar-refractivity contribution is 5.49. The Kier molecular flexibility index (Phi) is 3.54. The van der Waals surface area contributed by atoms with Crippen LogP contribution in [0.1, 0.15) is 11.1 Å². The molecule has 2 nitrogen and oxygen atoms in total. The van der Waals surface area contributed by atoms with Crippen molar-refractivity contribution in [3.05, 3.63) is 59.4 Å². The predicted molar refractivity (Wildman–Crippen MR) is 66.1 cm³/mol. The molecule has 0 fully saturated rings. The van der Waals surface area contributed by atoms with Crippen LogP contribution in [0.3, 0.4) is 0 Å². The highest BCUT2D eigenvalue weighted by Crippen LogP contribution is 2.10. The van der Waals surface area contributed by atoms with Crippen LogP contribution in [0.25, 0.3) is 0 Å². The van der Waals surface area contributed by atoms with Crippen molar-refractivity contribution in [2.24, 2.45) is 0 Å². The number of halogens is 2. The maximum atomic E-state index is 13.3. The van der Waals surface area contributed by atoms with E-state index in [9.17, 15) is 8.78 Å². The lowest BCUT2D eigenvalue weighted by molar-refractivity contribution is 0.567. The molecule has 18 heavy (non-hydrogen) atoms. The molecule has 0 aliphatic carbocycles. The first-order valence-electron chi connectivity index (χ1n) is 5.29. The van der Waals surface area contributed by atoms with E-state index in [1.54, 1.807) is 12.1 Å². The molecule has 0 atom stereocenters. The van der Waals surface area contributed by atoms with Crippen molar-refractivity contribution in [2.45, 2.75) is 0 Å². The molecular formula is C14H10F2N2. The molecule has 1 aromatic carbocycles. The molecule has 0 saturated heterocycles. The number of rotatable bonds is 1. The summed E-state index contributed by atoms with van der Waals surface area (Å²) in [5, 5.41) is 2.97. The summed E-state index contributed by atoms with van der Waals surface area (Å²) in [7, 11) is 1.81. The Balaban J connectivity index is 2.31. The first-order chi connectivity index (χ1) is 8.70. The third-order valence-corrected chi connectivity index (χ3v) is 2.36. The van der Waals surface area contributed by atoms with Crippen LogP contribution < -0.4 is 5.32 Å². The van der Waals surface area contributed by atoms with E-state index in [1.807, 2.05) is 19.2 Å². The summed E-state index contributed by atoms with van der Waals surface area (Å²) in [5.41, 5.74) is 1.37. The highest BCUT2D eigenvalue weighted by atomic mass is 19.1. The van der Waals surface area contributed by atoms with Gasteiger partial charge in [0.1, 0.15) is 0 Å². The Morgan fingerprint density at radius 3 is 2.17 bits per heavy atom. The zero-order valence-electron chi connectivity index (χ0n) is 9.67. The number of hydrogen-bond acceptors (Lipinski definition) is 2. The van der Waals surface area contributed by atoms with Gasteiger partial charge in [0.15, 0.2) is 11.6 Å². The van der Waals surface area contributed by atoms with Gasteiger partial charge in [-0.05, 0) is 24.3 Å². The van der Waals surface area contributed by atoms with Gasteiger partial charge < -0.3 is 5.32 Å². The van der Waals surface area contributed by atoms with Crippen molar-refractivity contribution in [3.63, 3.8) is 0 Å². The predicted octanol–water partition coefficient (Wildman–Crippen LogP) is 2.80. The Morgan fingerprint density at radius 1 is 1.00 bits per heavy atom. The van der Waals surface area contributed by atoms with E-state index in [-0.39, 0.29) is 5.56 Å². The maximum Gasteiger partial charge on any atom is 0.160 e. The van der Waals surface area contributed by atoms with E-state index in [0.29, 0.717) is 5.56 Å². The first-order valence-corrected chi connectivity index (χ1v) is 5.29. The number of pyridine rings is 1. The molecule has 0 unspecified atom stereocenters. The average molecular weight is 244 g/mol. The molecule has 0 spiro atoms. The molecule has 90 valence electrons. The third kappa shape index (κ3) is 2.64. The molecular weight excluding hydrogens is 234 g/mol. The second-order valence-corrected chi connectivity index (χ2v) is 3.56. The molecule has 0 saturated carbocycles. The zero-order chi connectivity index (χ0) is 13.0. The van der Waals surface area contributed by atoms with Gasteiger partial charge in [-0.3, -0.25) is 4.98 Å². The van der Waals surface area contributed by atoms with Gasteiger partial charge in [0.2, 0.25) is 0 Å². The van der Waals surface area contributed by atoms with E-state index < -0.39 is 11.6 Å². The normalized spacial score (nSPS) is 9.50. The number of nitrogens with one attached hydrogen (secondary N) is 1. The lowest BCUT2D eigenvalue weighted by atomic mass is 10.2. The summed E-state index contributed by atoms with van der Waals surface area (Å²) >= 11 is 0. The topological polar surface area (TPSA) is 24.9 Å². The Bertz CT molecular complexity index is 590. The van der Waals surface area contributed by atoms with Crippen LogP contribution in [-0.4, -0.2) is 12.0 Å². The summed E-state index contributed by atoms with van der Waals surface area (Å²) in [4.78, 5) is 3.40. The lowest BCUT2D eigenvalue weighted by Crippen LogP contribution is -1.91. The Labute approximate surface area is 104 Å². The van der Waals surface area contributed by atoms with Gasteiger partial charge in [-0.2, -0.15) is 0 Å². The number of aromatic nitrogens is 1. The van der Waals surface area contributed by atoms with Crippen molar-refractivity contribution in [2.75, 3.05) is 12.4 Å². The fourth-order valence-electron chi connectivity index (χ4n) is 1.39. The summed E-state index contributed by atoms with van der Waals surface area (Å²) in [6.45, 7) is 0. The van der Waals surface area contributed by atoms with Crippen molar-refractivity contribution in [1.82, 2.24) is 4.98 Å². The smallest absolute Gasteiger partial charge is 0.160 e. The van der Waals surface area contributed by atoms with Crippen LogP contribution in [0.5, 0.6) is 0 Å². The van der Waals surface area contributed by atoms with E-state index in [0.717, 1.165) is 18.1 Å². The van der Waals surface area contributed by atoms with Crippen molar-refractivity contribution in [1.29, 1.82) is 0 Å². The van der Waals surface area contributed by atoms with Crippen LogP contribution in [0.15, 0.2) is 36.7 Å². The minimum Gasteiger partial charge on any atom is -0.388 e. The number of nitrogens with zero attached hydrogens (tertiary/aromatic N) is 1. The highest BCUT2D eigenvalue weighted by Gasteiger charge is 2.05. The van der Waals surface area contributed by atoms with Gasteiger partial charge >= 0.3 is 0 Å². The number of benzene rings is 1. The first kappa shape index (κ1) is 12.1. The lowest BCUT2D eigenvalue weighted by Gasteiger charge is -1.98. The molecule has 0 bridgehead atoms. The minimum atomic E-state index is -0.755. The van der Waals surface area contributed by atoms with Crippen LogP contribution in [0, 0.1) is 23.5 Å². The quantitative estimate of drug-likeness (QED) is 0.780. The molecule has 2 aromatic rings. The number of anilines is 1. The van der Waals surface area contributed by atoms with Gasteiger partial charge in [-0.1, -0.05) is 11.8 Å². The second-order valence-electron chi connectivity index (χ2n) is 3.56. The van der Waals surface area contributed by atoms with Gasteiger partial charge in [0, 0.05) is 18.3 Å². The van der Waals surface area contributed by atoms with Crippen LogP contribution in [-0.2, 0) is 0 Å². The molecule has 0 aliphatic heterocycles. The van der Waals surface area contributed by atoms with Gasteiger partial charge in [-0.25, -0.2) is 8.78 Å². The molecule has 4 heteroatoms. The minimum absolute atomic E-state index is 0.261. The van der Waals surface area contributed by atoms with Gasteiger partial charge in [0.25, 0.3) is 0 Å². The third-order valence-electron chi connectivity index (χ3n) is 2.36. The monoisotopic (exact) mass is 244 g/mol. The van der Waals surface area contributed by atoms with Crippen LogP contribution in [0.4, 0.5) is 14.5 Å². The molecule has 1 aromatic heterocycles. The van der Waals surface area contributed by atoms with E-state index in [1.165, 1.54) is 0 Å². The fourth-order valence-corrected chi connectivity index (χ4v) is 1.39. The van der Waals surface area contributed by atoms with E-state index in [4.69, 9.17) is 0 Å². The Morgan fingerprint density at radius 2 is 1.61 bits per heavy atom. The van der Waals surface area contributed by atoms with E-state index >= 15 is 0 Å². The van der Waals surface area contributed by atoms with Gasteiger partial charge in [0.05, 0.1) is 18.0 Å². The SMILES string of the molecule is CNc1ccc(C#Cc2c(F)cncc2F)cc1. The van der Waals surface area contributed by atoms with E-state index in [2.05, 4.69) is 22.1 Å². The zero-order valence-corrected chi connectivity index (χ0v) is 9.67. The average Bonchev–Trinajstić information content (AvgIpc) is 2.39. The van der Waals surface area contributed by atoms with Crippen molar-refractivity contribution >= 4 is 5.69 Å². The van der Waals surface area contributed by atoms with Crippen molar-refractivity contribution < 1.29 is 8.78 Å². The summed E-state index contributed by atoms with van der Waals surface area (Å²) in [5.74, 6) is 3.67. The second kappa shape index (κ2) is 5.28. The summed E-state index contributed by atoms with van der Waals surface area (Å²) in [6, 6.07) is 7.22. The molecule has 0 amide bonds. The molecule has 1 N–H and O–H groups in total. The molecule has 0 aliphatic rings. The standard InChI is InChI=1S/C14H10F2N2/c1-17-11-5-2-10(3-6-11)4-7-12-13(15)8-18-9-14(12)16/h2-3,5-6,8-9,17H,1H3. The Hall–Kier alpha value is -2.41. The molecule has 1 heterocycles. The molecule has 0 radical (unpaired) electrons. The number of hydrogen-bond donors (Lipinski definition) is 1. The summed E-state index contributed by atoms with van der Waals surface area (Å²) < 4.78 is 26.5. The largest absolute Gasteiger partial charge is 0.388 e. The van der Waals surface area contributed by atoms with Crippen LogP contribution in [0.2, 0.25) is 0 Å². The molecule has 2 rings (SSSR count). The maximum absolute atomic E-state index is 13.3. The van der Waals surface area contributed by atoms with Crippen LogP contribution >= 0.6 is 0 Å². The fraction of sp³-hybridized carbons (Fsp3) is 0.0714. The summed E-state index contributed by atoms with van der Waals surface area (Å²) in [6.07, 6.45) is 1.88. The van der Waals surface area contributed by atoms with Gasteiger partial charge in [-0.15, -0.1) is 0 Å². The van der Waals surface area contributed by atoms with Crippen molar-refractivity contribution in [3.8, 4) is 11.8 Å².